The van der Waals surface area contributed by atoms with Gasteiger partial charge in [-0.1, -0.05) is 0 Å². The number of anilines is 1. The summed E-state index contributed by atoms with van der Waals surface area (Å²) in [6, 6.07) is 0.392. The van der Waals surface area contributed by atoms with Gasteiger partial charge in [0, 0.05) is 6.61 Å². The van der Waals surface area contributed by atoms with Gasteiger partial charge in [-0.05, 0) is 6.42 Å². The van der Waals surface area contributed by atoms with Crippen molar-refractivity contribution in [2.75, 3.05) is 18.5 Å². The molecule has 1 saturated heterocycles. The van der Waals surface area contributed by atoms with Gasteiger partial charge in [0.25, 0.3) is 0 Å². The lowest BCUT2D eigenvalue weighted by Crippen LogP contribution is -2.19. The van der Waals surface area contributed by atoms with Gasteiger partial charge in [0.2, 0.25) is 5.95 Å². The van der Waals surface area contributed by atoms with Crippen molar-refractivity contribution >= 4 is 5.95 Å². The smallest absolute Gasteiger partial charge is 0.218 e. The fourth-order valence-electron chi connectivity index (χ4n) is 1.12. The molecule has 2 heterocycles. The highest BCUT2D eigenvalue weighted by Crippen LogP contribution is 2.07. The summed E-state index contributed by atoms with van der Waals surface area (Å²) >= 11 is 0. The molecule has 60 valence electrons. The summed E-state index contributed by atoms with van der Waals surface area (Å²) in [5, 5.41) is 9.63. The molecule has 11 heavy (non-hydrogen) atoms. The molecule has 1 unspecified atom stereocenters. The molecule has 0 spiro atoms. The van der Waals surface area contributed by atoms with Gasteiger partial charge in [0.05, 0.1) is 12.6 Å². The minimum atomic E-state index is 0.392. The van der Waals surface area contributed by atoms with E-state index in [1.165, 1.54) is 6.33 Å². The molecule has 0 aliphatic carbocycles. The zero-order valence-corrected chi connectivity index (χ0v) is 6.08. The number of nitrogens with one attached hydrogen (secondary N) is 2. The van der Waals surface area contributed by atoms with Crippen molar-refractivity contribution in [3.8, 4) is 0 Å². The Balaban J connectivity index is 1.90. The van der Waals surface area contributed by atoms with Gasteiger partial charge >= 0.3 is 0 Å². The lowest BCUT2D eigenvalue weighted by Gasteiger charge is -2.06. The summed E-state index contributed by atoms with van der Waals surface area (Å²) in [5.41, 5.74) is 0. The largest absolute Gasteiger partial charge is 0.379 e. The lowest BCUT2D eigenvalue weighted by atomic mass is 10.3. The predicted molar refractivity (Wildman–Crippen MR) is 39.2 cm³/mol. The van der Waals surface area contributed by atoms with Crippen LogP contribution in [0, 0.1) is 0 Å². The van der Waals surface area contributed by atoms with Crippen molar-refractivity contribution in [1.29, 1.82) is 0 Å². The Bertz CT molecular complexity index is 204. The van der Waals surface area contributed by atoms with E-state index in [4.69, 9.17) is 4.74 Å². The molecule has 1 atom stereocenters. The normalized spacial score (nSPS) is 23.8. The highest BCUT2D eigenvalue weighted by molar-refractivity contribution is 5.22. The number of ether oxygens (including phenoxy) is 1. The van der Waals surface area contributed by atoms with Crippen LogP contribution in [-0.2, 0) is 4.74 Å². The topological polar surface area (TPSA) is 62.8 Å². The van der Waals surface area contributed by atoms with Gasteiger partial charge in [-0.2, -0.15) is 5.10 Å². The first-order chi connectivity index (χ1) is 5.45. The number of aromatic nitrogens is 3. The van der Waals surface area contributed by atoms with E-state index >= 15 is 0 Å². The quantitative estimate of drug-likeness (QED) is 0.629. The molecule has 5 heteroatoms. The van der Waals surface area contributed by atoms with E-state index in [1.807, 2.05) is 0 Å². The van der Waals surface area contributed by atoms with E-state index in [1.54, 1.807) is 0 Å². The maximum atomic E-state index is 5.18. The van der Waals surface area contributed by atoms with Gasteiger partial charge in [-0.3, -0.25) is 0 Å². The Morgan fingerprint density at radius 1 is 1.73 bits per heavy atom. The number of rotatable bonds is 2. The number of hydrogen-bond donors (Lipinski definition) is 2. The molecule has 1 aliphatic heterocycles. The van der Waals surface area contributed by atoms with Crippen LogP contribution in [-0.4, -0.2) is 34.4 Å². The van der Waals surface area contributed by atoms with Gasteiger partial charge < -0.3 is 10.1 Å². The monoisotopic (exact) mass is 154 g/mol. The second-order valence-electron chi connectivity index (χ2n) is 2.54. The molecule has 1 aromatic heterocycles. The molecule has 0 saturated carbocycles. The average Bonchev–Trinajstić information content (AvgIpc) is 2.60. The van der Waals surface area contributed by atoms with Gasteiger partial charge in [0.15, 0.2) is 0 Å². The summed E-state index contributed by atoms with van der Waals surface area (Å²) in [4.78, 5) is 3.95. The van der Waals surface area contributed by atoms with Crippen LogP contribution in [0.4, 0.5) is 5.95 Å². The predicted octanol–water partition coefficient (Wildman–Crippen LogP) is 0.00550. The first kappa shape index (κ1) is 6.60. The minimum absolute atomic E-state index is 0.392. The maximum Gasteiger partial charge on any atom is 0.218 e. The molecule has 1 aromatic rings. The third-order valence-corrected chi connectivity index (χ3v) is 1.69. The maximum absolute atomic E-state index is 5.18. The molecular weight excluding hydrogens is 144 g/mol. The first-order valence-electron chi connectivity index (χ1n) is 3.65. The third kappa shape index (κ3) is 1.48. The highest BCUT2D eigenvalue weighted by Gasteiger charge is 2.15. The van der Waals surface area contributed by atoms with Crippen LogP contribution < -0.4 is 5.32 Å². The van der Waals surface area contributed by atoms with Crippen LogP contribution in [0.5, 0.6) is 0 Å². The van der Waals surface area contributed by atoms with Crippen LogP contribution in [0.3, 0.4) is 0 Å². The summed E-state index contributed by atoms with van der Waals surface area (Å²) in [7, 11) is 0. The van der Waals surface area contributed by atoms with Crippen LogP contribution in [0.2, 0.25) is 0 Å². The fourth-order valence-corrected chi connectivity index (χ4v) is 1.12. The fraction of sp³-hybridized carbons (Fsp3) is 0.667. The molecule has 1 fully saturated rings. The van der Waals surface area contributed by atoms with Crippen LogP contribution in [0.1, 0.15) is 6.42 Å². The van der Waals surface area contributed by atoms with Gasteiger partial charge in [-0.15, -0.1) is 0 Å². The molecule has 2 N–H and O–H groups in total. The third-order valence-electron chi connectivity index (χ3n) is 1.69. The number of nitrogens with zero attached hydrogens (tertiary/aromatic N) is 2. The van der Waals surface area contributed by atoms with E-state index in [0.717, 1.165) is 25.6 Å². The minimum Gasteiger partial charge on any atom is -0.379 e. The van der Waals surface area contributed by atoms with E-state index in [9.17, 15) is 0 Å². The van der Waals surface area contributed by atoms with Crippen LogP contribution in [0.25, 0.3) is 0 Å². The number of aromatic amines is 1. The first-order valence-corrected chi connectivity index (χ1v) is 3.65. The van der Waals surface area contributed by atoms with Crippen LogP contribution >= 0.6 is 0 Å². The van der Waals surface area contributed by atoms with Crippen LogP contribution in [0.15, 0.2) is 6.33 Å². The summed E-state index contributed by atoms with van der Waals surface area (Å²) in [6.45, 7) is 1.60. The second-order valence-corrected chi connectivity index (χ2v) is 2.54. The molecule has 0 radical (unpaired) electrons. The lowest BCUT2D eigenvalue weighted by molar-refractivity contribution is 0.195. The molecule has 5 nitrogen and oxygen atoms in total. The Morgan fingerprint density at radius 2 is 2.73 bits per heavy atom. The molecule has 0 amide bonds. The standard InChI is InChI=1S/C6H10N4O/c1-2-11-3-5(1)9-6-7-4-8-10-6/h4-5H,1-3H2,(H2,7,8,9,10). The van der Waals surface area contributed by atoms with Crippen molar-refractivity contribution < 1.29 is 4.74 Å². The zero-order chi connectivity index (χ0) is 7.52. The zero-order valence-electron chi connectivity index (χ0n) is 6.08. The number of hydrogen-bond acceptors (Lipinski definition) is 4. The Labute approximate surface area is 64.2 Å². The average molecular weight is 154 g/mol. The molecule has 0 aromatic carbocycles. The Kier molecular flexibility index (Phi) is 1.72. The summed E-state index contributed by atoms with van der Waals surface area (Å²) in [5.74, 6) is 0.723. The molecule has 1 aliphatic rings. The second kappa shape index (κ2) is 2.87. The molecular formula is C6H10N4O. The Hall–Kier alpha value is -1.10. The van der Waals surface area contributed by atoms with Crippen molar-refractivity contribution in [1.82, 2.24) is 15.2 Å². The SMILES string of the molecule is c1n[nH]c(NC2CCOC2)n1. The van der Waals surface area contributed by atoms with E-state index in [0.29, 0.717) is 6.04 Å². The van der Waals surface area contributed by atoms with Crippen molar-refractivity contribution in [3.63, 3.8) is 0 Å². The van der Waals surface area contributed by atoms with Gasteiger partial charge in [0.1, 0.15) is 6.33 Å². The van der Waals surface area contributed by atoms with Crippen molar-refractivity contribution in [2.24, 2.45) is 0 Å². The van der Waals surface area contributed by atoms with Crippen molar-refractivity contribution in [3.05, 3.63) is 6.33 Å². The molecule has 0 bridgehead atoms. The number of H-pyrrole nitrogens is 1. The highest BCUT2D eigenvalue weighted by atomic mass is 16.5. The summed E-state index contributed by atoms with van der Waals surface area (Å²) < 4.78 is 5.18. The van der Waals surface area contributed by atoms with E-state index in [-0.39, 0.29) is 0 Å². The van der Waals surface area contributed by atoms with E-state index < -0.39 is 0 Å². The van der Waals surface area contributed by atoms with E-state index in [2.05, 4.69) is 20.5 Å². The van der Waals surface area contributed by atoms with Gasteiger partial charge in [-0.25, -0.2) is 10.1 Å². The molecule has 2 rings (SSSR count). The summed E-state index contributed by atoms with van der Waals surface area (Å²) in [6.07, 6.45) is 2.53. The van der Waals surface area contributed by atoms with Crippen molar-refractivity contribution in [2.45, 2.75) is 12.5 Å². The Morgan fingerprint density at radius 3 is 3.36 bits per heavy atom.